The number of pyridine rings is 1. The summed E-state index contributed by atoms with van der Waals surface area (Å²) in [6, 6.07) is 14.0. The van der Waals surface area contributed by atoms with Gasteiger partial charge in [0.05, 0.1) is 23.0 Å². The summed E-state index contributed by atoms with van der Waals surface area (Å²) >= 11 is 0. The van der Waals surface area contributed by atoms with Crippen LogP contribution in [-0.2, 0) is 17.2 Å². The minimum Gasteiger partial charge on any atom is -0.744 e. The first-order valence-electron chi connectivity index (χ1n) is 7.35. The summed E-state index contributed by atoms with van der Waals surface area (Å²) in [4.78, 5) is 8.99. The fourth-order valence-electron chi connectivity index (χ4n) is 2.20. The molecule has 0 fully saturated rings. The second-order valence-electron chi connectivity index (χ2n) is 5.26. The molecular formula is C17H18N2O7S. The first-order chi connectivity index (χ1) is 12.2. The predicted octanol–water partition coefficient (Wildman–Crippen LogP) is 1.35. The molecule has 0 unspecified atom stereocenters. The second-order valence-corrected chi connectivity index (χ2v) is 6.64. The molecule has 10 heteroatoms. The van der Waals surface area contributed by atoms with Crippen molar-refractivity contribution < 1.29 is 32.7 Å². The molecule has 3 rings (SSSR count). The number of nitrogens with zero attached hydrogens (tertiary/aromatic N) is 2. The molecule has 0 amide bonds. The van der Waals surface area contributed by atoms with E-state index in [1.54, 1.807) is 7.11 Å². The fourth-order valence-corrected chi connectivity index (χ4v) is 2.67. The van der Waals surface area contributed by atoms with E-state index in [9.17, 15) is 23.1 Å². The third kappa shape index (κ3) is 5.71. The van der Waals surface area contributed by atoms with E-state index in [2.05, 4.69) is 18.3 Å². The quantitative estimate of drug-likeness (QED) is 0.284. The van der Waals surface area contributed by atoms with Crippen molar-refractivity contribution in [2.24, 2.45) is 7.05 Å². The molecule has 1 aromatic heterocycles. The largest absolute Gasteiger partial charge is 0.744 e. The third-order valence-corrected chi connectivity index (χ3v) is 4.35. The number of fused-ring (bicyclic) bond motifs is 1. The highest BCUT2D eigenvalue weighted by atomic mass is 32.2. The van der Waals surface area contributed by atoms with Crippen LogP contribution in [0.3, 0.4) is 0 Å². The molecule has 0 aliphatic rings. The number of aryl methyl sites for hydroxylation is 1. The zero-order valence-corrected chi connectivity index (χ0v) is 15.3. The zero-order chi connectivity index (χ0) is 19.3. The summed E-state index contributed by atoms with van der Waals surface area (Å²) in [5.74, 6) is 0.874. The van der Waals surface area contributed by atoms with Gasteiger partial charge in [-0.25, -0.2) is 8.42 Å². The van der Waals surface area contributed by atoms with E-state index >= 15 is 0 Å². The van der Waals surface area contributed by atoms with Gasteiger partial charge in [-0.2, -0.15) is 4.57 Å². The van der Waals surface area contributed by atoms with Crippen LogP contribution in [0, 0.1) is 10.1 Å². The Labute approximate surface area is 155 Å². The molecule has 0 aliphatic heterocycles. The highest BCUT2D eigenvalue weighted by Crippen LogP contribution is 2.16. The Morgan fingerprint density at radius 3 is 2.07 bits per heavy atom. The van der Waals surface area contributed by atoms with Gasteiger partial charge in [0, 0.05) is 17.5 Å². The van der Waals surface area contributed by atoms with Crippen LogP contribution < -0.4 is 9.30 Å². The van der Waals surface area contributed by atoms with Crippen molar-refractivity contribution in [3.63, 3.8) is 0 Å². The number of ether oxygens (including phenoxy) is 1. The Morgan fingerprint density at radius 2 is 1.59 bits per heavy atom. The molecule has 27 heavy (non-hydrogen) atoms. The zero-order valence-electron chi connectivity index (χ0n) is 14.5. The van der Waals surface area contributed by atoms with Crippen molar-refractivity contribution in [3.8, 4) is 5.88 Å². The summed E-state index contributed by atoms with van der Waals surface area (Å²) in [5.41, 5.74) is -0.257. The lowest BCUT2D eigenvalue weighted by Crippen LogP contribution is -2.29. The van der Waals surface area contributed by atoms with E-state index in [4.69, 9.17) is 4.74 Å². The Balaban J connectivity index is 0.000000260. The molecule has 3 aromatic rings. The van der Waals surface area contributed by atoms with Crippen molar-refractivity contribution in [1.29, 1.82) is 0 Å². The summed E-state index contributed by atoms with van der Waals surface area (Å²) in [5, 5.41) is 12.6. The minimum absolute atomic E-state index is 0. The smallest absolute Gasteiger partial charge is 0.367 e. The van der Waals surface area contributed by atoms with Gasteiger partial charge in [-0.15, -0.1) is 0 Å². The van der Waals surface area contributed by atoms with Crippen molar-refractivity contribution in [2.75, 3.05) is 7.11 Å². The number of aromatic nitrogens is 1. The maximum Gasteiger partial charge on any atom is 0.367 e. The Kier molecular flexibility index (Phi) is 7.35. The van der Waals surface area contributed by atoms with Crippen LogP contribution in [0.2, 0.25) is 0 Å². The lowest BCUT2D eigenvalue weighted by Gasteiger charge is -2.04. The van der Waals surface area contributed by atoms with Crippen LogP contribution in [0.4, 0.5) is 5.69 Å². The van der Waals surface area contributed by atoms with Gasteiger partial charge in [0.25, 0.3) is 5.69 Å². The van der Waals surface area contributed by atoms with E-state index in [1.807, 2.05) is 29.8 Å². The van der Waals surface area contributed by atoms with E-state index in [0.29, 0.717) is 0 Å². The van der Waals surface area contributed by atoms with Gasteiger partial charge < -0.3 is 14.8 Å². The Hall–Kier alpha value is -3.08. The van der Waals surface area contributed by atoms with Crippen LogP contribution in [0.5, 0.6) is 5.88 Å². The fraction of sp³-hybridized carbons (Fsp3) is 0.118. The normalized spacial score (nSPS) is 10.3. The van der Waals surface area contributed by atoms with E-state index in [0.717, 1.165) is 30.1 Å². The molecule has 0 radical (unpaired) electrons. The number of nitro benzene ring substituents is 1. The lowest BCUT2D eigenvalue weighted by molar-refractivity contribution is -0.675. The number of benzene rings is 2. The number of non-ortho nitro benzene ring substituents is 1. The Morgan fingerprint density at radius 1 is 1.04 bits per heavy atom. The molecule has 0 aliphatic carbocycles. The van der Waals surface area contributed by atoms with E-state index in [-0.39, 0.29) is 11.2 Å². The summed E-state index contributed by atoms with van der Waals surface area (Å²) in [7, 11) is -0.856. The van der Waals surface area contributed by atoms with Crippen LogP contribution >= 0.6 is 0 Å². The van der Waals surface area contributed by atoms with E-state index < -0.39 is 19.9 Å². The Bertz CT molecular complexity index is 1030. The first kappa shape index (κ1) is 22.0. The van der Waals surface area contributed by atoms with Gasteiger partial charge in [-0.3, -0.25) is 10.1 Å². The van der Waals surface area contributed by atoms with Gasteiger partial charge in [-0.1, -0.05) is 18.2 Å². The second kappa shape index (κ2) is 9.03. The molecule has 0 saturated heterocycles. The highest BCUT2D eigenvalue weighted by molar-refractivity contribution is 7.85. The van der Waals surface area contributed by atoms with Crippen molar-refractivity contribution in [3.05, 3.63) is 70.9 Å². The average Bonchev–Trinajstić information content (AvgIpc) is 2.61. The maximum absolute atomic E-state index is 10.4. The summed E-state index contributed by atoms with van der Waals surface area (Å²) in [6.07, 6.45) is 2.06. The molecule has 0 atom stereocenters. The van der Waals surface area contributed by atoms with E-state index in [1.165, 1.54) is 10.8 Å². The number of hydrogen-bond donors (Lipinski definition) is 0. The van der Waals surface area contributed by atoms with Crippen LogP contribution in [-0.4, -0.2) is 30.5 Å². The minimum atomic E-state index is -4.52. The first-order valence-corrected chi connectivity index (χ1v) is 8.76. The molecule has 144 valence electrons. The van der Waals surface area contributed by atoms with Gasteiger partial charge in [0.15, 0.2) is 6.20 Å². The van der Waals surface area contributed by atoms with Crippen LogP contribution in [0.25, 0.3) is 10.8 Å². The number of methoxy groups -OCH3 is 1. The highest BCUT2D eigenvalue weighted by Gasteiger charge is 2.07. The van der Waals surface area contributed by atoms with Gasteiger partial charge in [0.2, 0.25) is 0 Å². The third-order valence-electron chi connectivity index (χ3n) is 3.50. The molecule has 0 spiro atoms. The SMILES string of the molecule is COc1cc2ccccc2c[n+]1C.O.O=[N+]([O-])c1ccc(S(=O)(=O)[O-])cc1. The maximum atomic E-state index is 10.4. The molecule has 1 heterocycles. The van der Waals surface area contributed by atoms with Crippen LogP contribution in [0.15, 0.2) is 65.7 Å². The predicted molar refractivity (Wildman–Crippen MR) is 96.3 cm³/mol. The topological polar surface area (TPSA) is 145 Å². The summed E-state index contributed by atoms with van der Waals surface area (Å²) in [6.45, 7) is 0. The molecule has 0 bridgehead atoms. The van der Waals surface area contributed by atoms with Crippen molar-refractivity contribution in [2.45, 2.75) is 4.90 Å². The van der Waals surface area contributed by atoms with Crippen molar-refractivity contribution >= 4 is 26.6 Å². The van der Waals surface area contributed by atoms with Crippen molar-refractivity contribution in [1.82, 2.24) is 0 Å². The lowest BCUT2D eigenvalue weighted by atomic mass is 10.2. The van der Waals surface area contributed by atoms with Gasteiger partial charge in [-0.05, 0) is 23.6 Å². The molecule has 9 nitrogen and oxygen atoms in total. The standard InChI is InChI=1S/C11H12NO.C6H5NO5S.H2O/c1-12-8-10-6-4-3-5-9(10)7-11(12)13-2;8-7(9)5-1-3-6(4-2-5)13(10,11)12;/h3-8H,1-2H3;1-4H,(H,10,11,12);1H2/q+1;;/p-1. The van der Waals surface area contributed by atoms with Crippen LogP contribution in [0.1, 0.15) is 0 Å². The molecule has 0 saturated carbocycles. The average molecular weight is 394 g/mol. The number of rotatable bonds is 3. The summed E-state index contributed by atoms with van der Waals surface area (Å²) < 4.78 is 38.4. The number of hydrogen-bond acceptors (Lipinski definition) is 6. The van der Waals surface area contributed by atoms with Gasteiger partial charge in [0.1, 0.15) is 17.2 Å². The van der Waals surface area contributed by atoms with Gasteiger partial charge >= 0.3 is 5.88 Å². The molecule has 2 aromatic carbocycles. The molecule has 2 N–H and O–H groups in total. The monoisotopic (exact) mass is 394 g/mol. The number of nitro groups is 1. The molecular weight excluding hydrogens is 376 g/mol.